The molecule has 2 aromatic carbocycles. The number of rotatable bonds is 7. The number of hydrogen-bond acceptors (Lipinski definition) is 5. The number of nitrogens with one attached hydrogen (secondary N) is 1. The summed E-state index contributed by atoms with van der Waals surface area (Å²) in [6.45, 7) is 3.96. The van der Waals surface area contributed by atoms with Gasteiger partial charge in [-0.2, -0.15) is 0 Å². The molecule has 3 aromatic rings. The Hall–Kier alpha value is -2.90. The van der Waals surface area contributed by atoms with E-state index < -0.39 is 16.0 Å². The van der Waals surface area contributed by atoms with Crippen molar-refractivity contribution in [2.45, 2.75) is 18.7 Å². The number of thiophene rings is 1. The second kappa shape index (κ2) is 9.07. The van der Waals surface area contributed by atoms with Crippen LogP contribution in [0, 0.1) is 6.92 Å². The van der Waals surface area contributed by atoms with Crippen LogP contribution in [0.1, 0.15) is 18.1 Å². The van der Waals surface area contributed by atoms with Gasteiger partial charge in [-0.25, -0.2) is 13.2 Å². The average Bonchev–Trinajstić information content (AvgIpc) is 3.15. The molecule has 0 spiro atoms. The summed E-state index contributed by atoms with van der Waals surface area (Å²) >= 11 is 1.47. The van der Waals surface area contributed by atoms with Gasteiger partial charge >= 0.3 is 5.97 Å². The average molecular weight is 428 g/mol. The van der Waals surface area contributed by atoms with Crippen LogP contribution in [-0.4, -0.2) is 21.0 Å². The van der Waals surface area contributed by atoms with Crippen molar-refractivity contribution in [3.05, 3.63) is 77.2 Å². The maximum atomic E-state index is 12.8. The molecule has 1 aromatic heterocycles. The van der Waals surface area contributed by atoms with Gasteiger partial charge in [0.15, 0.2) is 0 Å². The number of carbonyl (C=O) groups is 1. The van der Waals surface area contributed by atoms with Gasteiger partial charge in [-0.15, -0.1) is 11.3 Å². The third kappa shape index (κ3) is 5.13. The number of anilines is 1. The molecule has 1 heterocycles. The lowest BCUT2D eigenvalue weighted by Crippen LogP contribution is -2.13. The summed E-state index contributed by atoms with van der Waals surface area (Å²) in [6, 6.07) is 15.8. The molecule has 1 N–H and O–H groups in total. The van der Waals surface area contributed by atoms with Crippen LogP contribution in [0.3, 0.4) is 0 Å². The summed E-state index contributed by atoms with van der Waals surface area (Å²) < 4.78 is 33.3. The van der Waals surface area contributed by atoms with Gasteiger partial charge in [-0.3, -0.25) is 4.72 Å². The molecule has 5 nitrogen and oxygen atoms in total. The predicted octanol–water partition coefficient (Wildman–Crippen LogP) is 5.10. The number of hydrogen-bond donors (Lipinski definition) is 1. The summed E-state index contributed by atoms with van der Waals surface area (Å²) in [6.07, 6.45) is 3.04. The Labute approximate surface area is 174 Å². The Morgan fingerprint density at radius 2 is 1.83 bits per heavy atom. The zero-order valence-corrected chi connectivity index (χ0v) is 17.7. The van der Waals surface area contributed by atoms with Crippen LogP contribution < -0.4 is 4.72 Å². The number of sulfonamides is 1. The summed E-state index contributed by atoms with van der Waals surface area (Å²) in [5.74, 6) is -0.419. The molecule has 0 saturated carbocycles. The molecule has 0 unspecified atom stereocenters. The van der Waals surface area contributed by atoms with Crippen molar-refractivity contribution in [3.8, 4) is 10.4 Å². The smallest absolute Gasteiger partial charge is 0.330 e. The minimum atomic E-state index is -3.73. The first kappa shape index (κ1) is 20.8. The van der Waals surface area contributed by atoms with E-state index in [0.717, 1.165) is 21.6 Å². The van der Waals surface area contributed by atoms with Gasteiger partial charge in [0.05, 0.1) is 17.2 Å². The van der Waals surface area contributed by atoms with Crippen molar-refractivity contribution in [3.63, 3.8) is 0 Å². The SMILES string of the molecule is CCOC(=O)/C=C\c1ccsc1-c1ccccc1NS(=O)(=O)c1ccc(C)cc1. The summed E-state index contributed by atoms with van der Waals surface area (Å²) in [4.78, 5) is 12.7. The van der Waals surface area contributed by atoms with Crippen molar-refractivity contribution >= 4 is 39.1 Å². The number of aryl methyl sites for hydroxylation is 1. The Balaban J connectivity index is 1.94. The maximum Gasteiger partial charge on any atom is 0.330 e. The monoisotopic (exact) mass is 427 g/mol. The number of ether oxygens (including phenoxy) is 1. The topological polar surface area (TPSA) is 72.5 Å². The van der Waals surface area contributed by atoms with E-state index in [1.807, 2.05) is 30.5 Å². The molecule has 0 atom stereocenters. The lowest BCUT2D eigenvalue weighted by atomic mass is 10.1. The second-order valence-corrected chi connectivity index (χ2v) is 8.85. The van der Waals surface area contributed by atoms with Crippen molar-refractivity contribution in [1.82, 2.24) is 0 Å². The van der Waals surface area contributed by atoms with Crippen molar-refractivity contribution in [2.24, 2.45) is 0 Å². The van der Waals surface area contributed by atoms with Crippen molar-refractivity contribution in [1.29, 1.82) is 0 Å². The largest absolute Gasteiger partial charge is 0.463 e. The molecular formula is C22H21NO4S2. The van der Waals surface area contributed by atoms with Gasteiger partial charge in [0.2, 0.25) is 0 Å². The zero-order chi connectivity index (χ0) is 20.9. The number of para-hydroxylation sites is 1. The molecule has 0 saturated heterocycles. The van der Waals surface area contributed by atoms with Crippen molar-refractivity contribution in [2.75, 3.05) is 11.3 Å². The van der Waals surface area contributed by atoms with E-state index in [0.29, 0.717) is 12.3 Å². The number of benzene rings is 2. The molecule has 0 amide bonds. The quantitative estimate of drug-likeness (QED) is 0.421. The molecule has 150 valence electrons. The fraction of sp³-hybridized carbons (Fsp3) is 0.136. The molecule has 3 rings (SSSR count). The third-order valence-electron chi connectivity index (χ3n) is 4.13. The van der Waals surface area contributed by atoms with Gasteiger partial charge in [-0.05, 0) is 55.1 Å². The van der Waals surface area contributed by atoms with E-state index in [9.17, 15) is 13.2 Å². The fourth-order valence-electron chi connectivity index (χ4n) is 2.71. The number of carbonyl (C=O) groups excluding carboxylic acids is 1. The summed E-state index contributed by atoms with van der Waals surface area (Å²) in [7, 11) is -3.73. The standard InChI is InChI=1S/C22H21NO4S2/c1-3-27-21(24)13-10-17-14-15-28-22(17)19-6-4-5-7-20(19)23-29(25,26)18-11-8-16(2)9-12-18/h4-15,23H,3H2,1-2H3/b13-10-. The van der Waals surface area contributed by atoms with E-state index in [2.05, 4.69) is 4.72 Å². The van der Waals surface area contributed by atoms with E-state index in [1.165, 1.54) is 17.4 Å². The highest BCUT2D eigenvalue weighted by Crippen LogP contribution is 2.36. The first-order chi connectivity index (χ1) is 13.9. The van der Waals surface area contributed by atoms with E-state index >= 15 is 0 Å². The van der Waals surface area contributed by atoms with Crippen LogP contribution in [-0.2, 0) is 19.6 Å². The first-order valence-corrected chi connectivity index (χ1v) is 11.4. The highest BCUT2D eigenvalue weighted by atomic mass is 32.2. The second-order valence-electron chi connectivity index (χ2n) is 6.25. The van der Waals surface area contributed by atoms with Crippen LogP contribution in [0.4, 0.5) is 5.69 Å². The van der Waals surface area contributed by atoms with Gasteiger partial charge in [0.25, 0.3) is 10.0 Å². The molecule has 0 aliphatic rings. The zero-order valence-electron chi connectivity index (χ0n) is 16.1. The van der Waals surface area contributed by atoms with Crippen molar-refractivity contribution < 1.29 is 17.9 Å². The van der Waals surface area contributed by atoms with Crippen LogP contribution in [0.5, 0.6) is 0 Å². The summed E-state index contributed by atoms with van der Waals surface area (Å²) in [5.41, 5.74) is 3.01. The third-order valence-corrected chi connectivity index (χ3v) is 6.47. The fourth-order valence-corrected chi connectivity index (χ4v) is 4.72. The van der Waals surface area contributed by atoms with Crippen LogP contribution >= 0.6 is 11.3 Å². The van der Waals surface area contributed by atoms with Crippen LogP contribution in [0.25, 0.3) is 16.5 Å². The first-order valence-electron chi connectivity index (χ1n) is 9.02. The minimum Gasteiger partial charge on any atom is -0.463 e. The Morgan fingerprint density at radius 3 is 2.55 bits per heavy atom. The lowest BCUT2D eigenvalue weighted by molar-refractivity contribution is -0.137. The van der Waals surface area contributed by atoms with Crippen LogP contribution in [0.15, 0.2) is 70.9 Å². The van der Waals surface area contributed by atoms with Crippen LogP contribution in [0.2, 0.25) is 0 Å². The highest BCUT2D eigenvalue weighted by molar-refractivity contribution is 7.92. The van der Waals surface area contributed by atoms with Gasteiger partial charge in [-0.1, -0.05) is 35.9 Å². The molecule has 0 fully saturated rings. The molecular weight excluding hydrogens is 406 g/mol. The molecule has 0 radical (unpaired) electrons. The molecule has 29 heavy (non-hydrogen) atoms. The normalized spacial score (nSPS) is 11.5. The van der Waals surface area contributed by atoms with Gasteiger partial charge < -0.3 is 4.74 Å². The predicted molar refractivity (Wildman–Crippen MR) is 117 cm³/mol. The molecule has 7 heteroatoms. The maximum absolute atomic E-state index is 12.8. The Kier molecular flexibility index (Phi) is 6.51. The Morgan fingerprint density at radius 1 is 1.10 bits per heavy atom. The minimum absolute atomic E-state index is 0.200. The molecule has 0 bridgehead atoms. The lowest BCUT2D eigenvalue weighted by Gasteiger charge is -2.13. The molecule has 0 aliphatic carbocycles. The van der Waals surface area contributed by atoms with Gasteiger partial charge in [0, 0.05) is 16.5 Å². The Bertz CT molecular complexity index is 1130. The van der Waals surface area contributed by atoms with E-state index in [4.69, 9.17) is 4.74 Å². The number of esters is 1. The highest BCUT2D eigenvalue weighted by Gasteiger charge is 2.17. The molecule has 0 aliphatic heterocycles. The van der Waals surface area contributed by atoms with Gasteiger partial charge in [0.1, 0.15) is 0 Å². The van der Waals surface area contributed by atoms with E-state index in [1.54, 1.807) is 49.4 Å². The van der Waals surface area contributed by atoms with E-state index in [-0.39, 0.29) is 4.90 Å². The summed E-state index contributed by atoms with van der Waals surface area (Å²) in [5, 5.41) is 1.89.